The monoisotopic (exact) mass is 815 g/mol. The number of ether oxygens (including phenoxy) is 8. The Balaban J connectivity index is 1.10. The highest BCUT2D eigenvalue weighted by Gasteiger charge is 2.68. The van der Waals surface area contributed by atoms with Gasteiger partial charge in [0, 0.05) is 40.5 Å². The van der Waals surface area contributed by atoms with Gasteiger partial charge in [0.25, 0.3) is 0 Å². The van der Waals surface area contributed by atoms with Gasteiger partial charge < -0.3 is 37.9 Å². The maximum absolute atomic E-state index is 12.3. The Morgan fingerprint density at radius 2 is 1.41 bits per heavy atom. The summed E-state index contributed by atoms with van der Waals surface area (Å²) in [5.74, 6) is -0.255. The van der Waals surface area contributed by atoms with Crippen molar-refractivity contribution < 1.29 is 61.9 Å². The van der Waals surface area contributed by atoms with Crippen LogP contribution in [0.4, 0.5) is 0 Å². The van der Waals surface area contributed by atoms with Crippen molar-refractivity contribution in [2.75, 3.05) is 13.2 Å². The number of esters is 5. The van der Waals surface area contributed by atoms with Crippen molar-refractivity contribution in [3.05, 3.63) is 0 Å². The zero-order chi connectivity index (χ0) is 42.3. The van der Waals surface area contributed by atoms with E-state index in [-0.39, 0.29) is 60.0 Å². The highest BCUT2D eigenvalue weighted by atomic mass is 16.7. The summed E-state index contributed by atoms with van der Waals surface area (Å²) in [4.78, 5) is 60.0. The molecule has 0 aromatic heterocycles. The zero-order valence-corrected chi connectivity index (χ0v) is 35.8. The quantitative estimate of drug-likeness (QED) is 0.165. The summed E-state index contributed by atoms with van der Waals surface area (Å²) in [5.41, 5.74) is -0.595. The molecule has 14 nitrogen and oxygen atoms in total. The molecule has 4 aliphatic carbocycles. The summed E-state index contributed by atoms with van der Waals surface area (Å²) in [6, 6.07) is 2.64. The molecule has 0 spiro atoms. The first kappa shape index (κ1) is 44.3. The Morgan fingerprint density at radius 3 is 2.05 bits per heavy atom. The van der Waals surface area contributed by atoms with Crippen LogP contribution in [-0.4, -0.2) is 91.6 Å². The van der Waals surface area contributed by atoms with Gasteiger partial charge >= 0.3 is 29.8 Å². The van der Waals surface area contributed by atoms with Crippen molar-refractivity contribution in [2.24, 2.45) is 52.3 Å². The van der Waals surface area contributed by atoms with Crippen molar-refractivity contribution in [3.8, 4) is 6.07 Å². The number of carbonyl (C=O) groups excluding carboxylic acids is 5. The van der Waals surface area contributed by atoms with Gasteiger partial charge in [0.05, 0.1) is 18.8 Å². The first-order valence-corrected chi connectivity index (χ1v) is 21.5. The van der Waals surface area contributed by atoms with E-state index in [9.17, 15) is 29.2 Å². The van der Waals surface area contributed by atoms with Crippen LogP contribution in [0.1, 0.15) is 127 Å². The lowest BCUT2D eigenvalue weighted by atomic mass is 9.44. The molecule has 58 heavy (non-hydrogen) atoms. The van der Waals surface area contributed by atoms with Crippen molar-refractivity contribution in [1.82, 2.24) is 0 Å². The Hall–Kier alpha value is -3.28. The first-order chi connectivity index (χ1) is 27.3. The zero-order valence-electron chi connectivity index (χ0n) is 35.8. The standard InChI is InChI=1S/C44H65NO13/c1-23(20-52-41-40(56-29(7)50)39(55-28(6)49)38(54-27(5)48)36(57-41)21-51-25(3)46)12-17-44(22-45)24(2)37-35(58-44)19-34-32-11-10-30-18-31(53-26(4)47)13-15-42(30,8)33(32)14-16-43(34,37)9/h23-24,30-41H,10-21H2,1-9H3/t23-,24-,30+,31-,32+,33-,34-,35-,36+,37-,38+,39-,40+,41+,42-,43-,44-/m0/s1. The SMILES string of the molecule is CC(=O)OC[C@H]1O[C@@H](OC[C@@H](C)CC[C@@]2(C#N)O[C@H]3C[C@H]4[C@@H]5CC[C@@H]6C[C@@H](OC(C)=O)CC[C@]6(C)[C@H]5CC[C@]4(C)[C@H]3[C@@H]2C)[C@H](OC(C)=O)[C@@H](OC(C)=O)[C@@H]1OC(C)=O. The van der Waals surface area contributed by atoms with Gasteiger partial charge in [-0.15, -0.1) is 0 Å². The Morgan fingerprint density at radius 1 is 0.776 bits per heavy atom. The second-order valence-electron chi connectivity index (χ2n) is 19.0. The molecule has 0 N–H and O–H groups in total. The second kappa shape index (κ2) is 17.4. The molecule has 17 atom stereocenters. The van der Waals surface area contributed by atoms with Gasteiger partial charge in [-0.1, -0.05) is 27.7 Å². The van der Waals surface area contributed by atoms with Crippen molar-refractivity contribution in [3.63, 3.8) is 0 Å². The molecular weight excluding hydrogens is 750 g/mol. The maximum Gasteiger partial charge on any atom is 0.303 e. The summed E-state index contributed by atoms with van der Waals surface area (Å²) in [5, 5.41) is 10.8. The average molecular weight is 816 g/mol. The number of nitrogens with zero attached hydrogens (tertiary/aromatic N) is 1. The molecule has 6 fully saturated rings. The molecule has 0 aromatic rings. The van der Waals surface area contributed by atoms with Gasteiger partial charge in [-0.3, -0.25) is 24.0 Å². The van der Waals surface area contributed by atoms with E-state index in [4.69, 9.17) is 37.9 Å². The minimum atomic E-state index is -1.31. The number of hydrogen-bond donors (Lipinski definition) is 0. The highest BCUT2D eigenvalue weighted by Crippen LogP contribution is 2.71. The molecule has 2 heterocycles. The van der Waals surface area contributed by atoms with E-state index >= 15 is 0 Å². The van der Waals surface area contributed by atoms with Crippen molar-refractivity contribution in [2.45, 2.75) is 175 Å². The Labute approximate surface area is 343 Å². The van der Waals surface area contributed by atoms with Crippen LogP contribution in [-0.2, 0) is 61.9 Å². The number of fused-ring (bicyclic) bond motifs is 7. The van der Waals surface area contributed by atoms with Crippen LogP contribution in [0.15, 0.2) is 0 Å². The summed E-state index contributed by atoms with van der Waals surface area (Å²) in [7, 11) is 0. The molecule has 0 bridgehead atoms. The molecule has 0 aromatic carbocycles. The van der Waals surface area contributed by atoms with Gasteiger partial charge in [-0.25, -0.2) is 0 Å². The topological polar surface area (TPSA) is 183 Å². The van der Waals surface area contributed by atoms with Gasteiger partial charge in [0.15, 0.2) is 30.2 Å². The summed E-state index contributed by atoms with van der Waals surface area (Å²) in [6.07, 6.45) is 3.64. The van der Waals surface area contributed by atoms with E-state index in [1.807, 2.05) is 6.92 Å². The Kier molecular flexibility index (Phi) is 13.3. The van der Waals surface area contributed by atoms with Crippen molar-refractivity contribution in [1.29, 1.82) is 5.26 Å². The highest BCUT2D eigenvalue weighted by molar-refractivity contribution is 5.69. The van der Waals surface area contributed by atoms with E-state index < -0.39 is 60.2 Å². The molecule has 4 saturated carbocycles. The smallest absolute Gasteiger partial charge is 0.303 e. The fourth-order valence-electron chi connectivity index (χ4n) is 12.9. The van der Waals surface area contributed by atoms with Gasteiger partial charge in [-0.2, -0.15) is 5.26 Å². The van der Waals surface area contributed by atoms with Crippen LogP contribution in [0.3, 0.4) is 0 Å². The number of carbonyl (C=O) groups is 5. The average Bonchev–Trinajstić information content (AvgIpc) is 3.60. The summed E-state index contributed by atoms with van der Waals surface area (Å²) >= 11 is 0. The minimum Gasteiger partial charge on any atom is -0.463 e. The van der Waals surface area contributed by atoms with Crippen molar-refractivity contribution >= 4 is 29.8 Å². The van der Waals surface area contributed by atoms with E-state index in [0.717, 1.165) is 32.1 Å². The summed E-state index contributed by atoms with van der Waals surface area (Å²) < 4.78 is 46.7. The molecule has 324 valence electrons. The van der Waals surface area contributed by atoms with Gasteiger partial charge in [-0.05, 0) is 111 Å². The third-order valence-electron chi connectivity index (χ3n) is 15.4. The molecule has 2 saturated heterocycles. The van der Waals surface area contributed by atoms with Crippen LogP contribution in [0.5, 0.6) is 0 Å². The van der Waals surface area contributed by atoms with Crippen LogP contribution in [0, 0.1) is 63.6 Å². The molecule has 0 unspecified atom stereocenters. The molecule has 0 radical (unpaired) electrons. The molecule has 6 aliphatic rings. The van der Waals surface area contributed by atoms with E-state index in [1.54, 1.807) is 0 Å². The lowest BCUT2D eigenvalue weighted by Gasteiger charge is -2.61. The maximum atomic E-state index is 12.3. The number of nitriles is 1. The lowest BCUT2D eigenvalue weighted by molar-refractivity contribution is -0.309. The van der Waals surface area contributed by atoms with Crippen LogP contribution in [0.25, 0.3) is 0 Å². The third-order valence-corrected chi connectivity index (χ3v) is 15.4. The number of hydrogen-bond acceptors (Lipinski definition) is 14. The minimum absolute atomic E-state index is 0.0258. The molecular formula is C44H65NO13. The van der Waals surface area contributed by atoms with E-state index in [0.29, 0.717) is 36.5 Å². The van der Waals surface area contributed by atoms with E-state index in [1.165, 1.54) is 53.9 Å². The van der Waals surface area contributed by atoms with E-state index in [2.05, 4.69) is 26.8 Å². The second-order valence-corrected chi connectivity index (χ2v) is 19.0. The third kappa shape index (κ3) is 8.65. The lowest BCUT2D eigenvalue weighted by Crippen LogP contribution is -2.63. The molecule has 14 heteroatoms. The fourth-order valence-corrected chi connectivity index (χ4v) is 12.9. The fraction of sp³-hybridized carbons (Fsp3) is 0.864. The van der Waals surface area contributed by atoms with Gasteiger partial charge in [0.2, 0.25) is 0 Å². The first-order valence-electron chi connectivity index (χ1n) is 21.5. The molecule has 2 aliphatic heterocycles. The van der Waals surface area contributed by atoms with Gasteiger partial charge in [0.1, 0.15) is 18.8 Å². The summed E-state index contributed by atoms with van der Waals surface area (Å²) in [6.45, 7) is 15.2. The van der Waals surface area contributed by atoms with Crippen LogP contribution in [0.2, 0.25) is 0 Å². The largest absolute Gasteiger partial charge is 0.463 e. The molecule has 0 amide bonds. The predicted octanol–water partition coefficient (Wildman–Crippen LogP) is 6.00. The number of rotatable bonds is 12. The van der Waals surface area contributed by atoms with Crippen LogP contribution < -0.4 is 0 Å². The Bertz CT molecular complexity index is 1610. The predicted molar refractivity (Wildman–Crippen MR) is 205 cm³/mol. The normalized spacial score (nSPS) is 43.2. The van der Waals surface area contributed by atoms with Crippen LogP contribution >= 0.6 is 0 Å². The molecule has 6 rings (SSSR count).